The zero-order chi connectivity index (χ0) is 17.5. The maximum Gasteiger partial charge on any atom is 0.248 e. The summed E-state index contributed by atoms with van der Waals surface area (Å²) in [5.41, 5.74) is 0.923. The quantitative estimate of drug-likeness (QED) is 0.785. The van der Waals surface area contributed by atoms with Gasteiger partial charge in [-0.05, 0) is 26.0 Å². The van der Waals surface area contributed by atoms with Crippen LogP contribution < -0.4 is 4.90 Å². The van der Waals surface area contributed by atoms with E-state index in [1.165, 1.54) is 7.11 Å². The molecule has 24 heavy (non-hydrogen) atoms. The molecule has 1 aliphatic rings. The largest absolute Gasteiger partial charge is 0.375 e. The Morgan fingerprint density at radius 3 is 2.29 bits per heavy atom. The number of ether oxygens (including phenoxy) is 1. The third-order valence-electron chi connectivity index (χ3n) is 4.17. The molecule has 132 valence electrons. The second kappa shape index (κ2) is 8.80. The lowest BCUT2D eigenvalue weighted by Crippen LogP contribution is -2.53. The van der Waals surface area contributed by atoms with Crippen LogP contribution in [0.25, 0.3) is 0 Å². The highest BCUT2D eigenvalue weighted by molar-refractivity contribution is 5.95. The number of methoxy groups -OCH3 is 1. The molecule has 0 atom stereocenters. The third kappa shape index (κ3) is 4.79. The maximum atomic E-state index is 12.8. The van der Waals surface area contributed by atoms with Crippen molar-refractivity contribution < 1.29 is 14.3 Å². The third-order valence-corrected chi connectivity index (χ3v) is 4.17. The van der Waals surface area contributed by atoms with E-state index in [1.54, 1.807) is 4.90 Å². The van der Waals surface area contributed by atoms with Crippen LogP contribution in [0.5, 0.6) is 0 Å². The fourth-order valence-electron chi connectivity index (χ4n) is 2.96. The van der Waals surface area contributed by atoms with Crippen molar-refractivity contribution in [2.75, 3.05) is 51.3 Å². The molecule has 6 heteroatoms. The molecule has 1 aromatic rings. The zero-order valence-electron chi connectivity index (χ0n) is 14.8. The minimum Gasteiger partial charge on any atom is -0.375 e. The summed E-state index contributed by atoms with van der Waals surface area (Å²) in [5, 5.41) is 0. The first-order chi connectivity index (χ1) is 11.5. The van der Waals surface area contributed by atoms with E-state index in [-0.39, 0.29) is 24.5 Å². The van der Waals surface area contributed by atoms with Gasteiger partial charge in [0.1, 0.15) is 6.61 Å². The van der Waals surface area contributed by atoms with Gasteiger partial charge in [0.2, 0.25) is 11.8 Å². The van der Waals surface area contributed by atoms with Crippen LogP contribution in [0.1, 0.15) is 13.8 Å². The molecule has 2 rings (SSSR count). The van der Waals surface area contributed by atoms with E-state index < -0.39 is 0 Å². The van der Waals surface area contributed by atoms with E-state index in [0.29, 0.717) is 32.7 Å². The van der Waals surface area contributed by atoms with E-state index in [1.807, 2.05) is 49.1 Å². The van der Waals surface area contributed by atoms with Crippen LogP contribution >= 0.6 is 0 Å². The van der Waals surface area contributed by atoms with Gasteiger partial charge in [-0.2, -0.15) is 0 Å². The molecule has 0 N–H and O–H groups in total. The summed E-state index contributed by atoms with van der Waals surface area (Å²) in [7, 11) is 1.52. The minimum absolute atomic E-state index is 0.0107. The fourth-order valence-corrected chi connectivity index (χ4v) is 2.96. The molecule has 1 saturated heterocycles. The second-order valence-corrected chi connectivity index (χ2v) is 6.28. The van der Waals surface area contributed by atoms with Crippen molar-refractivity contribution >= 4 is 17.5 Å². The van der Waals surface area contributed by atoms with Crippen LogP contribution in [0.4, 0.5) is 5.69 Å². The van der Waals surface area contributed by atoms with Gasteiger partial charge in [0.05, 0.1) is 6.54 Å². The minimum atomic E-state index is 0.0107. The summed E-state index contributed by atoms with van der Waals surface area (Å²) >= 11 is 0. The number of carbonyl (C=O) groups excluding carboxylic acids is 2. The van der Waals surface area contributed by atoms with Gasteiger partial charge >= 0.3 is 0 Å². The normalized spacial score (nSPS) is 15.6. The summed E-state index contributed by atoms with van der Waals surface area (Å²) < 4.78 is 4.89. The Morgan fingerprint density at radius 1 is 1.12 bits per heavy atom. The van der Waals surface area contributed by atoms with Gasteiger partial charge in [-0.25, -0.2) is 0 Å². The predicted octanol–water partition coefficient (Wildman–Crippen LogP) is 1.22. The smallest absolute Gasteiger partial charge is 0.248 e. The van der Waals surface area contributed by atoms with Crippen molar-refractivity contribution in [3.63, 3.8) is 0 Å². The van der Waals surface area contributed by atoms with E-state index in [0.717, 1.165) is 5.69 Å². The first-order valence-electron chi connectivity index (χ1n) is 8.39. The lowest BCUT2D eigenvalue weighted by molar-refractivity contribution is -0.137. The lowest BCUT2D eigenvalue weighted by Gasteiger charge is -2.36. The fraction of sp³-hybridized carbons (Fsp3) is 0.556. The number of rotatable bonds is 6. The molecule has 2 amide bonds. The van der Waals surface area contributed by atoms with Gasteiger partial charge in [-0.15, -0.1) is 0 Å². The van der Waals surface area contributed by atoms with Crippen molar-refractivity contribution in [1.82, 2.24) is 9.80 Å². The number of amides is 2. The molecule has 0 radical (unpaired) electrons. The Bertz CT molecular complexity index is 540. The Morgan fingerprint density at radius 2 is 1.75 bits per heavy atom. The van der Waals surface area contributed by atoms with Crippen LogP contribution in [0.3, 0.4) is 0 Å². The molecule has 1 aliphatic heterocycles. The zero-order valence-corrected chi connectivity index (χ0v) is 14.8. The summed E-state index contributed by atoms with van der Waals surface area (Å²) in [6, 6.07) is 9.85. The molecule has 0 saturated carbocycles. The number of anilines is 1. The monoisotopic (exact) mass is 333 g/mol. The summed E-state index contributed by atoms with van der Waals surface area (Å²) in [5.74, 6) is 0.101. The molecule has 0 bridgehead atoms. The molecular formula is C18H27N3O3. The highest BCUT2D eigenvalue weighted by Gasteiger charge is 2.25. The standard InChI is InChI=1S/C18H27N3O3/c1-15(2)21(16-7-5-4-6-8-16)17(22)13-19-9-11-20(12-10-19)18(23)14-24-3/h4-8,15H,9-14H2,1-3H3. The lowest BCUT2D eigenvalue weighted by atomic mass is 10.2. The van der Waals surface area contributed by atoms with Crippen LogP contribution in [0.2, 0.25) is 0 Å². The van der Waals surface area contributed by atoms with Gasteiger partial charge < -0.3 is 14.5 Å². The Hall–Kier alpha value is -1.92. The first kappa shape index (κ1) is 18.4. The maximum absolute atomic E-state index is 12.8. The SMILES string of the molecule is COCC(=O)N1CCN(CC(=O)N(c2ccccc2)C(C)C)CC1. The molecule has 0 spiro atoms. The highest BCUT2D eigenvalue weighted by atomic mass is 16.5. The number of carbonyl (C=O) groups is 2. The second-order valence-electron chi connectivity index (χ2n) is 6.28. The van der Waals surface area contributed by atoms with Crippen LogP contribution in [-0.2, 0) is 14.3 Å². The number of benzene rings is 1. The van der Waals surface area contributed by atoms with E-state index in [4.69, 9.17) is 4.74 Å². The van der Waals surface area contributed by atoms with Gasteiger partial charge in [0, 0.05) is 45.0 Å². The molecular weight excluding hydrogens is 306 g/mol. The van der Waals surface area contributed by atoms with Gasteiger partial charge in [-0.3, -0.25) is 14.5 Å². The Kier molecular flexibility index (Phi) is 6.75. The highest BCUT2D eigenvalue weighted by Crippen LogP contribution is 2.17. The summed E-state index contributed by atoms with van der Waals surface area (Å²) in [6.45, 7) is 7.24. The molecule has 1 aromatic carbocycles. The van der Waals surface area contributed by atoms with Crippen molar-refractivity contribution in [1.29, 1.82) is 0 Å². The molecule has 0 unspecified atom stereocenters. The predicted molar refractivity (Wildman–Crippen MR) is 94.0 cm³/mol. The van der Waals surface area contributed by atoms with Crippen molar-refractivity contribution in [2.24, 2.45) is 0 Å². The van der Waals surface area contributed by atoms with Crippen molar-refractivity contribution in [2.45, 2.75) is 19.9 Å². The average Bonchev–Trinajstić information content (AvgIpc) is 2.56. The number of hydrogen-bond acceptors (Lipinski definition) is 4. The van der Waals surface area contributed by atoms with Gasteiger partial charge in [0.15, 0.2) is 0 Å². The number of para-hydroxylation sites is 1. The number of nitrogens with zero attached hydrogens (tertiary/aromatic N) is 3. The number of piperazine rings is 1. The van der Waals surface area contributed by atoms with Gasteiger partial charge in [0.25, 0.3) is 0 Å². The van der Waals surface area contributed by atoms with Crippen LogP contribution in [0, 0.1) is 0 Å². The van der Waals surface area contributed by atoms with Gasteiger partial charge in [-0.1, -0.05) is 18.2 Å². The topological polar surface area (TPSA) is 53.1 Å². The first-order valence-corrected chi connectivity index (χ1v) is 8.39. The number of hydrogen-bond donors (Lipinski definition) is 0. The molecule has 1 heterocycles. The average molecular weight is 333 g/mol. The Balaban J connectivity index is 1.91. The van der Waals surface area contributed by atoms with Crippen LogP contribution in [-0.4, -0.2) is 74.1 Å². The molecule has 1 fully saturated rings. The summed E-state index contributed by atoms with van der Waals surface area (Å²) in [4.78, 5) is 30.3. The van der Waals surface area contributed by atoms with Crippen LogP contribution in [0.15, 0.2) is 30.3 Å². The van der Waals surface area contributed by atoms with Crippen molar-refractivity contribution in [3.05, 3.63) is 30.3 Å². The summed E-state index contributed by atoms with van der Waals surface area (Å²) in [6.07, 6.45) is 0. The molecule has 0 aromatic heterocycles. The Labute approximate surface area is 144 Å². The van der Waals surface area contributed by atoms with E-state index in [2.05, 4.69) is 4.90 Å². The van der Waals surface area contributed by atoms with E-state index >= 15 is 0 Å². The molecule has 6 nitrogen and oxygen atoms in total. The molecule has 0 aliphatic carbocycles. The van der Waals surface area contributed by atoms with E-state index in [9.17, 15) is 9.59 Å². The van der Waals surface area contributed by atoms with Crippen molar-refractivity contribution in [3.8, 4) is 0 Å².